The topological polar surface area (TPSA) is 144 Å². The van der Waals surface area contributed by atoms with Gasteiger partial charge in [0.25, 0.3) is 0 Å². The summed E-state index contributed by atoms with van der Waals surface area (Å²) in [5.41, 5.74) is 21.7. The summed E-state index contributed by atoms with van der Waals surface area (Å²) in [6.45, 7) is 1.60. The van der Waals surface area contributed by atoms with Crippen LogP contribution in [-0.4, -0.2) is 28.0 Å². The summed E-state index contributed by atoms with van der Waals surface area (Å²) >= 11 is 7.55. The van der Waals surface area contributed by atoms with Gasteiger partial charge in [-0.25, -0.2) is 15.0 Å². The first-order valence-electron chi connectivity index (χ1n) is 10.6. The van der Waals surface area contributed by atoms with E-state index in [0.717, 1.165) is 59.8 Å². The molecule has 0 radical (unpaired) electrons. The van der Waals surface area contributed by atoms with Crippen LogP contribution in [0.15, 0.2) is 46.6 Å². The molecule has 3 aromatic rings. The van der Waals surface area contributed by atoms with E-state index in [0.29, 0.717) is 15.9 Å². The van der Waals surface area contributed by atoms with E-state index in [9.17, 15) is 5.26 Å². The zero-order valence-corrected chi connectivity index (χ0v) is 19.4. The van der Waals surface area contributed by atoms with E-state index in [4.69, 9.17) is 28.8 Å². The van der Waals surface area contributed by atoms with Crippen LogP contribution in [0.5, 0.6) is 0 Å². The number of hydrogen-bond donors (Lipinski definition) is 3. The molecule has 1 saturated heterocycles. The Bertz CT molecular complexity index is 1270. The Morgan fingerprint density at radius 3 is 2.67 bits per heavy atom. The minimum Gasteiger partial charge on any atom is -0.382 e. The van der Waals surface area contributed by atoms with Crippen molar-refractivity contribution in [1.82, 2.24) is 15.0 Å². The molecular weight excluding hydrogens is 456 g/mol. The van der Waals surface area contributed by atoms with Crippen molar-refractivity contribution in [2.24, 2.45) is 11.1 Å². The van der Waals surface area contributed by atoms with E-state index in [1.807, 2.05) is 12.1 Å². The molecule has 1 aromatic carbocycles. The molecular formula is C23H23ClN8S. The summed E-state index contributed by atoms with van der Waals surface area (Å²) in [6.07, 6.45) is 6.01. The van der Waals surface area contributed by atoms with Crippen LogP contribution in [0.2, 0.25) is 5.02 Å². The highest BCUT2D eigenvalue weighted by Crippen LogP contribution is 2.51. The predicted molar refractivity (Wildman–Crippen MR) is 130 cm³/mol. The molecule has 2 aliphatic rings. The van der Waals surface area contributed by atoms with Crippen LogP contribution in [0.25, 0.3) is 0 Å². The third-order valence-electron chi connectivity index (χ3n) is 6.78. The van der Waals surface area contributed by atoms with Crippen molar-refractivity contribution in [1.29, 1.82) is 5.26 Å². The molecule has 5 rings (SSSR count). The zero-order chi connectivity index (χ0) is 23.2. The van der Waals surface area contributed by atoms with Gasteiger partial charge >= 0.3 is 0 Å². The highest BCUT2D eigenvalue weighted by Gasteiger charge is 2.46. The van der Waals surface area contributed by atoms with Gasteiger partial charge in [-0.2, -0.15) is 5.26 Å². The van der Waals surface area contributed by atoms with Gasteiger partial charge < -0.3 is 22.1 Å². The number of nitrogens with two attached hydrogens (primary N) is 3. The normalized spacial score (nSPS) is 18.8. The molecule has 0 bridgehead atoms. The van der Waals surface area contributed by atoms with E-state index in [2.05, 4.69) is 32.0 Å². The molecule has 6 N–H and O–H groups in total. The minimum atomic E-state index is -0.0598. The lowest BCUT2D eigenvalue weighted by Gasteiger charge is -2.42. The summed E-state index contributed by atoms with van der Waals surface area (Å²) in [5.74, 6) is 1.35. The molecule has 168 valence electrons. The predicted octanol–water partition coefficient (Wildman–Crippen LogP) is 3.55. The standard InChI is InChI=1S/C23H23ClN8S/c24-18-16(4-7-29-20(18)27)33-22-21(28)31-17(12-30-22)32-8-5-23(6-9-32)10-15-13(11-25)2-1-3-14(15)19(23)26/h1-4,7,12,19H,5-6,8-10,26H2,(H2,27,29)(H2,28,31). The monoisotopic (exact) mass is 478 g/mol. The van der Waals surface area contributed by atoms with Crippen LogP contribution < -0.4 is 22.1 Å². The molecule has 0 amide bonds. The first-order valence-corrected chi connectivity index (χ1v) is 11.8. The van der Waals surface area contributed by atoms with Crippen LogP contribution >= 0.6 is 23.4 Å². The van der Waals surface area contributed by atoms with Crippen LogP contribution in [0, 0.1) is 16.7 Å². The first-order chi connectivity index (χ1) is 15.9. The second kappa shape index (κ2) is 8.37. The van der Waals surface area contributed by atoms with E-state index >= 15 is 0 Å². The summed E-state index contributed by atoms with van der Waals surface area (Å²) < 4.78 is 0. The smallest absolute Gasteiger partial charge is 0.158 e. The van der Waals surface area contributed by atoms with Gasteiger partial charge in [0, 0.05) is 30.2 Å². The Morgan fingerprint density at radius 2 is 1.94 bits per heavy atom. The second-order valence-electron chi connectivity index (χ2n) is 8.52. The molecule has 33 heavy (non-hydrogen) atoms. The quantitative estimate of drug-likeness (QED) is 0.514. The van der Waals surface area contributed by atoms with Crippen molar-refractivity contribution in [2.45, 2.75) is 35.2 Å². The SMILES string of the molecule is N#Cc1cccc2c1CC1(CCN(c3cnc(Sc4ccnc(N)c4Cl)c(N)n3)CC1)C2N. The molecule has 1 fully saturated rings. The van der Waals surface area contributed by atoms with Crippen LogP contribution in [0.4, 0.5) is 17.5 Å². The third-order valence-corrected chi connectivity index (χ3v) is 8.36. The average molecular weight is 479 g/mol. The van der Waals surface area contributed by atoms with Gasteiger partial charge in [-0.05, 0) is 47.9 Å². The fourth-order valence-electron chi connectivity index (χ4n) is 4.90. The number of anilines is 3. The fraction of sp³-hybridized carbons (Fsp3) is 0.304. The van der Waals surface area contributed by atoms with Gasteiger partial charge in [-0.1, -0.05) is 35.5 Å². The van der Waals surface area contributed by atoms with Crippen molar-refractivity contribution < 1.29 is 0 Å². The molecule has 3 heterocycles. The van der Waals surface area contributed by atoms with Gasteiger partial charge in [0.05, 0.1) is 22.9 Å². The number of fused-ring (bicyclic) bond motifs is 1. The van der Waals surface area contributed by atoms with Gasteiger partial charge in [-0.3, -0.25) is 0 Å². The average Bonchev–Trinajstić information content (AvgIpc) is 3.10. The number of nitriles is 1. The number of nitrogen functional groups attached to an aromatic ring is 2. The Labute approximate surface area is 201 Å². The molecule has 0 saturated carbocycles. The highest BCUT2D eigenvalue weighted by molar-refractivity contribution is 7.99. The van der Waals surface area contributed by atoms with Crippen molar-refractivity contribution in [3.05, 3.63) is 58.4 Å². The number of hydrogen-bond acceptors (Lipinski definition) is 9. The van der Waals surface area contributed by atoms with Crippen molar-refractivity contribution in [2.75, 3.05) is 29.5 Å². The van der Waals surface area contributed by atoms with Crippen LogP contribution in [-0.2, 0) is 6.42 Å². The Morgan fingerprint density at radius 1 is 1.15 bits per heavy atom. The largest absolute Gasteiger partial charge is 0.382 e. The Kier molecular flexibility index (Phi) is 5.52. The van der Waals surface area contributed by atoms with Gasteiger partial charge in [0.15, 0.2) is 5.82 Å². The van der Waals surface area contributed by atoms with Crippen molar-refractivity contribution in [3.63, 3.8) is 0 Å². The second-order valence-corrected chi connectivity index (χ2v) is 9.93. The van der Waals surface area contributed by atoms with Crippen molar-refractivity contribution in [3.8, 4) is 6.07 Å². The number of aromatic nitrogens is 3. The third kappa shape index (κ3) is 3.74. The molecule has 1 unspecified atom stereocenters. The maximum atomic E-state index is 9.49. The number of pyridine rings is 1. The lowest BCUT2D eigenvalue weighted by atomic mass is 9.73. The molecule has 1 atom stereocenters. The van der Waals surface area contributed by atoms with Gasteiger partial charge in [-0.15, -0.1) is 0 Å². The number of halogens is 1. The van der Waals surface area contributed by atoms with E-state index < -0.39 is 0 Å². The molecule has 1 aliphatic heterocycles. The number of rotatable bonds is 3. The number of nitrogens with zero attached hydrogens (tertiary/aromatic N) is 5. The van der Waals surface area contributed by atoms with Gasteiger partial charge in [0.2, 0.25) is 0 Å². The Hall–Kier alpha value is -3.06. The maximum absolute atomic E-state index is 9.49. The lowest BCUT2D eigenvalue weighted by molar-refractivity contribution is 0.187. The van der Waals surface area contributed by atoms with E-state index in [1.54, 1.807) is 18.5 Å². The van der Waals surface area contributed by atoms with E-state index in [1.165, 1.54) is 11.8 Å². The van der Waals surface area contributed by atoms with Crippen LogP contribution in [0.1, 0.15) is 35.6 Å². The molecule has 10 heteroatoms. The van der Waals surface area contributed by atoms with Crippen LogP contribution in [0.3, 0.4) is 0 Å². The number of piperidine rings is 1. The highest BCUT2D eigenvalue weighted by atomic mass is 35.5. The summed E-state index contributed by atoms with van der Waals surface area (Å²) in [7, 11) is 0. The molecule has 8 nitrogen and oxygen atoms in total. The number of benzene rings is 1. The summed E-state index contributed by atoms with van der Waals surface area (Å²) in [5, 5.41) is 10.4. The first kappa shape index (κ1) is 21.8. The minimum absolute atomic E-state index is 0.0292. The lowest BCUT2D eigenvalue weighted by Crippen LogP contribution is -2.44. The van der Waals surface area contributed by atoms with Gasteiger partial charge in [0.1, 0.15) is 16.7 Å². The molecule has 1 aliphatic carbocycles. The summed E-state index contributed by atoms with van der Waals surface area (Å²) in [4.78, 5) is 16.0. The fourth-order valence-corrected chi connectivity index (χ4v) is 5.91. The summed E-state index contributed by atoms with van der Waals surface area (Å²) in [6, 6.07) is 9.90. The molecule has 2 aromatic heterocycles. The zero-order valence-electron chi connectivity index (χ0n) is 17.8. The molecule has 1 spiro atoms. The Balaban J connectivity index is 1.30. The van der Waals surface area contributed by atoms with Crippen molar-refractivity contribution >= 4 is 40.8 Å². The maximum Gasteiger partial charge on any atom is 0.158 e. The van der Waals surface area contributed by atoms with E-state index in [-0.39, 0.29) is 17.3 Å².